The molecule has 1 atom stereocenters. The summed E-state index contributed by atoms with van der Waals surface area (Å²) in [6.45, 7) is 6.33. The van der Waals surface area contributed by atoms with Crippen LogP contribution in [-0.2, 0) is 0 Å². The maximum atomic E-state index is 12.4. The summed E-state index contributed by atoms with van der Waals surface area (Å²) in [5, 5.41) is 0. The van der Waals surface area contributed by atoms with E-state index in [9.17, 15) is 4.79 Å². The van der Waals surface area contributed by atoms with Crippen molar-refractivity contribution >= 4 is 5.91 Å². The first-order chi connectivity index (χ1) is 8.52. The molecule has 100 valence electrons. The van der Waals surface area contributed by atoms with Crippen LogP contribution in [0, 0.1) is 13.8 Å². The molecule has 0 bridgehead atoms. The number of amides is 1. The highest BCUT2D eigenvalue weighted by atomic mass is 16.4. The smallest absolute Gasteiger partial charge is 0.291 e. The molecule has 0 aromatic carbocycles. The molecular weight excluding hydrogens is 232 g/mol. The molecule has 0 saturated carbocycles. The van der Waals surface area contributed by atoms with Crippen LogP contribution in [0.5, 0.6) is 0 Å². The molecule has 1 aliphatic rings. The average molecular weight is 252 g/mol. The minimum atomic E-state index is -0.100. The van der Waals surface area contributed by atoms with Crippen molar-refractivity contribution in [3.63, 3.8) is 0 Å². The Hall–Kier alpha value is -1.40. The fraction of sp³-hybridized carbons (Fsp3) is 0.667. The van der Waals surface area contributed by atoms with Crippen molar-refractivity contribution in [2.24, 2.45) is 5.73 Å². The van der Waals surface area contributed by atoms with Gasteiger partial charge in [0.05, 0.1) is 11.7 Å². The summed E-state index contributed by atoms with van der Waals surface area (Å²) >= 11 is 0. The first-order valence-electron chi connectivity index (χ1n) is 6.16. The van der Waals surface area contributed by atoms with Crippen molar-refractivity contribution in [3.8, 4) is 0 Å². The molecule has 1 fully saturated rings. The van der Waals surface area contributed by atoms with Gasteiger partial charge in [0.25, 0.3) is 5.91 Å². The van der Waals surface area contributed by atoms with E-state index < -0.39 is 0 Å². The zero-order valence-electron chi connectivity index (χ0n) is 11.1. The number of carbonyl (C=O) groups is 1. The molecule has 1 saturated heterocycles. The van der Waals surface area contributed by atoms with Crippen molar-refractivity contribution < 1.29 is 9.21 Å². The Bertz CT molecular complexity index is 443. The monoisotopic (exact) mass is 252 g/mol. The molecule has 1 aromatic heterocycles. The van der Waals surface area contributed by atoms with Crippen molar-refractivity contribution in [2.75, 3.05) is 33.2 Å². The second-order valence-corrected chi connectivity index (χ2v) is 4.80. The number of hydrogen-bond donors (Lipinski definition) is 1. The summed E-state index contributed by atoms with van der Waals surface area (Å²) in [7, 11) is 2.04. The zero-order chi connectivity index (χ0) is 13.3. The van der Waals surface area contributed by atoms with Crippen LogP contribution in [0.4, 0.5) is 0 Å². The molecular formula is C12H20N4O2. The van der Waals surface area contributed by atoms with Crippen molar-refractivity contribution in [3.05, 3.63) is 17.3 Å². The summed E-state index contributed by atoms with van der Waals surface area (Å²) < 4.78 is 5.39. The maximum absolute atomic E-state index is 12.4. The third-order valence-corrected chi connectivity index (χ3v) is 3.32. The molecule has 0 aliphatic carbocycles. The zero-order valence-corrected chi connectivity index (χ0v) is 11.1. The molecule has 6 nitrogen and oxygen atoms in total. The Morgan fingerprint density at radius 3 is 2.78 bits per heavy atom. The number of piperazine rings is 1. The number of aryl methyl sites for hydroxylation is 2. The van der Waals surface area contributed by atoms with Crippen molar-refractivity contribution in [2.45, 2.75) is 19.9 Å². The number of nitrogens with zero attached hydrogens (tertiary/aromatic N) is 3. The minimum absolute atomic E-state index is 0.0426. The van der Waals surface area contributed by atoms with Crippen LogP contribution in [0.25, 0.3) is 0 Å². The van der Waals surface area contributed by atoms with Gasteiger partial charge in [-0.15, -0.1) is 0 Å². The number of nitrogens with two attached hydrogens (primary N) is 1. The highest BCUT2D eigenvalue weighted by Crippen LogP contribution is 2.16. The first-order valence-corrected chi connectivity index (χ1v) is 6.16. The van der Waals surface area contributed by atoms with Gasteiger partial charge in [-0.25, -0.2) is 4.98 Å². The molecule has 0 spiro atoms. The van der Waals surface area contributed by atoms with Crippen molar-refractivity contribution in [1.82, 2.24) is 14.8 Å². The van der Waals surface area contributed by atoms with Crippen LogP contribution in [0.15, 0.2) is 4.42 Å². The topological polar surface area (TPSA) is 75.6 Å². The molecule has 2 N–H and O–H groups in total. The van der Waals surface area contributed by atoms with Crippen LogP contribution in [0.1, 0.15) is 22.1 Å². The van der Waals surface area contributed by atoms with Gasteiger partial charge in [0.2, 0.25) is 5.76 Å². The quantitative estimate of drug-likeness (QED) is 0.802. The van der Waals surface area contributed by atoms with E-state index in [2.05, 4.69) is 9.88 Å². The maximum Gasteiger partial charge on any atom is 0.291 e. The Kier molecular flexibility index (Phi) is 3.68. The van der Waals surface area contributed by atoms with Gasteiger partial charge in [0.15, 0.2) is 5.89 Å². The molecule has 2 heterocycles. The van der Waals surface area contributed by atoms with Crippen molar-refractivity contribution in [1.29, 1.82) is 0 Å². The lowest BCUT2D eigenvalue weighted by molar-refractivity contribution is 0.0483. The van der Waals surface area contributed by atoms with E-state index in [1.165, 1.54) is 0 Å². The summed E-state index contributed by atoms with van der Waals surface area (Å²) in [5.74, 6) is 0.765. The third-order valence-electron chi connectivity index (χ3n) is 3.32. The van der Waals surface area contributed by atoms with E-state index >= 15 is 0 Å². The van der Waals surface area contributed by atoms with Gasteiger partial charge >= 0.3 is 0 Å². The number of hydrogen-bond acceptors (Lipinski definition) is 5. The Morgan fingerprint density at radius 2 is 2.22 bits per heavy atom. The number of rotatable bonds is 2. The molecule has 1 aliphatic heterocycles. The number of aromatic nitrogens is 1. The average Bonchev–Trinajstić information content (AvgIpc) is 2.67. The molecule has 0 radical (unpaired) electrons. The van der Waals surface area contributed by atoms with Gasteiger partial charge in [0.1, 0.15) is 0 Å². The predicted octanol–water partition coefficient (Wildman–Crippen LogP) is 0.00634. The molecule has 2 rings (SSSR count). The van der Waals surface area contributed by atoms with E-state index in [1.807, 2.05) is 7.05 Å². The normalized spacial score (nSPS) is 21.3. The highest BCUT2D eigenvalue weighted by Gasteiger charge is 2.31. The van der Waals surface area contributed by atoms with Crippen LogP contribution < -0.4 is 5.73 Å². The SMILES string of the molecule is Cc1nc(C)c(C(=O)N2CCN(C)CC2CN)o1. The van der Waals surface area contributed by atoms with Crippen LogP contribution >= 0.6 is 0 Å². The minimum Gasteiger partial charge on any atom is -0.436 e. The lowest BCUT2D eigenvalue weighted by Crippen LogP contribution is -2.56. The molecule has 18 heavy (non-hydrogen) atoms. The second-order valence-electron chi connectivity index (χ2n) is 4.80. The van der Waals surface area contributed by atoms with Gasteiger partial charge in [-0.05, 0) is 14.0 Å². The second kappa shape index (κ2) is 5.07. The summed E-state index contributed by atoms with van der Waals surface area (Å²) in [4.78, 5) is 20.5. The summed E-state index contributed by atoms with van der Waals surface area (Å²) in [6, 6.07) is 0.0426. The lowest BCUT2D eigenvalue weighted by atomic mass is 10.1. The number of oxazole rings is 1. The fourth-order valence-corrected chi connectivity index (χ4v) is 2.34. The van der Waals surface area contributed by atoms with Gasteiger partial charge in [-0.3, -0.25) is 4.79 Å². The summed E-state index contributed by atoms with van der Waals surface area (Å²) in [6.07, 6.45) is 0. The van der Waals surface area contributed by atoms with Gasteiger partial charge in [-0.2, -0.15) is 0 Å². The van der Waals surface area contributed by atoms with E-state index in [-0.39, 0.29) is 11.9 Å². The lowest BCUT2D eigenvalue weighted by Gasteiger charge is -2.39. The van der Waals surface area contributed by atoms with Gasteiger partial charge in [0, 0.05) is 33.1 Å². The highest BCUT2D eigenvalue weighted by molar-refractivity contribution is 5.92. The Balaban J connectivity index is 2.20. The van der Waals surface area contributed by atoms with Gasteiger partial charge < -0.3 is 20.0 Å². The first kappa shape index (κ1) is 13.0. The largest absolute Gasteiger partial charge is 0.436 e. The van der Waals surface area contributed by atoms with Gasteiger partial charge in [-0.1, -0.05) is 0 Å². The number of carbonyl (C=O) groups excluding carboxylic acids is 1. The Labute approximate surface area is 107 Å². The van der Waals surface area contributed by atoms with E-state index in [0.29, 0.717) is 30.4 Å². The van der Waals surface area contributed by atoms with Crippen LogP contribution in [-0.4, -0.2) is 60.0 Å². The molecule has 6 heteroatoms. The molecule has 1 aromatic rings. The van der Waals surface area contributed by atoms with E-state index in [0.717, 1.165) is 13.1 Å². The van der Waals surface area contributed by atoms with Crippen LogP contribution in [0.2, 0.25) is 0 Å². The third kappa shape index (κ3) is 2.39. The number of likely N-dealkylation sites (N-methyl/N-ethyl adjacent to an activating group) is 1. The van der Waals surface area contributed by atoms with Crippen LogP contribution in [0.3, 0.4) is 0 Å². The molecule has 1 unspecified atom stereocenters. The van der Waals surface area contributed by atoms with E-state index in [4.69, 9.17) is 10.2 Å². The molecule has 1 amide bonds. The van der Waals surface area contributed by atoms with E-state index in [1.54, 1.807) is 18.7 Å². The standard InChI is InChI=1S/C12H20N4O2/c1-8-11(18-9(2)14-8)12(17)16-5-4-15(3)7-10(16)6-13/h10H,4-7,13H2,1-3H3. The summed E-state index contributed by atoms with van der Waals surface area (Å²) in [5.41, 5.74) is 6.39. The Morgan fingerprint density at radius 1 is 1.50 bits per heavy atom. The fourth-order valence-electron chi connectivity index (χ4n) is 2.34. The predicted molar refractivity (Wildman–Crippen MR) is 67.4 cm³/mol.